The summed E-state index contributed by atoms with van der Waals surface area (Å²) < 4.78 is 22.2. The van der Waals surface area contributed by atoms with Crippen LogP contribution in [-0.2, 0) is 14.2 Å². The van der Waals surface area contributed by atoms with Gasteiger partial charge in [-0.05, 0) is 12.1 Å². The summed E-state index contributed by atoms with van der Waals surface area (Å²) >= 11 is 0. The van der Waals surface area contributed by atoms with Crippen molar-refractivity contribution >= 4 is 5.97 Å². The zero-order chi connectivity index (χ0) is 11.7. The van der Waals surface area contributed by atoms with Gasteiger partial charge in [-0.25, -0.2) is 0 Å². The molecule has 2 aliphatic heterocycles. The lowest BCUT2D eigenvalue weighted by Gasteiger charge is -2.22. The van der Waals surface area contributed by atoms with Crippen molar-refractivity contribution in [3.63, 3.8) is 0 Å². The number of fused-ring (bicyclic) bond motifs is 1. The standard InChI is InChI=1S/C13H15O4/c1-14-12-7-10-11(8-15-12)17-13(16-10)9-5-3-2-4-6-9/h2-6,10-12H,7-8H2,1H3/q+1/t10-,11+,12+/m0/s1. The Morgan fingerprint density at radius 2 is 2.12 bits per heavy atom. The molecule has 1 aromatic rings. The molecule has 1 aromatic carbocycles. The Hall–Kier alpha value is -1.39. The van der Waals surface area contributed by atoms with Gasteiger partial charge in [-0.1, -0.05) is 18.2 Å². The van der Waals surface area contributed by atoms with Gasteiger partial charge in [0, 0.05) is 7.11 Å². The first-order valence-corrected chi connectivity index (χ1v) is 5.77. The predicted molar refractivity (Wildman–Crippen MR) is 60.8 cm³/mol. The van der Waals surface area contributed by atoms with E-state index in [1.165, 1.54) is 0 Å². The predicted octanol–water partition coefficient (Wildman–Crippen LogP) is 1.52. The first-order chi connectivity index (χ1) is 8.36. The third kappa shape index (κ3) is 2.06. The SMILES string of the molecule is CO[C@H]1C[C@@H]2[O+]=C(c3ccccc3)O[C@@H]2CO1. The molecule has 2 aliphatic rings. The normalized spacial score (nSPS) is 31.6. The maximum Gasteiger partial charge on any atom is 0.520 e. The van der Waals surface area contributed by atoms with Crippen molar-refractivity contribution in [3.05, 3.63) is 35.9 Å². The fourth-order valence-corrected chi connectivity index (χ4v) is 2.13. The molecule has 0 unspecified atom stereocenters. The lowest BCUT2D eigenvalue weighted by atomic mass is 10.1. The number of esters is 1. The quantitative estimate of drug-likeness (QED) is 0.576. The number of benzene rings is 1. The molecular weight excluding hydrogens is 220 g/mol. The summed E-state index contributed by atoms with van der Waals surface area (Å²) in [6, 6.07) is 9.84. The van der Waals surface area contributed by atoms with Gasteiger partial charge in [-0.3, -0.25) is 0 Å². The Kier molecular flexibility index (Phi) is 2.82. The van der Waals surface area contributed by atoms with Crippen LogP contribution < -0.4 is 0 Å². The molecule has 0 bridgehead atoms. The Bertz CT molecular complexity index is 415. The second-order valence-corrected chi connectivity index (χ2v) is 4.20. The van der Waals surface area contributed by atoms with E-state index in [9.17, 15) is 0 Å². The molecule has 4 nitrogen and oxygen atoms in total. The zero-order valence-electron chi connectivity index (χ0n) is 9.67. The summed E-state index contributed by atoms with van der Waals surface area (Å²) in [5.74, 6) is 0.598. The average molecular weight is 235 g/mol. The van der Waals surface area contributed by atoms with Gasteiger partial charge < -0.3 is 18.6 Å². The first-order valence-electron chi connectivity index (χ1n) is 5.77. The van der Waals surface area contributed by atoms with E-state index in [1.807, 2.05) is 30.3 Å². The fraction of sp³-hybridized carbons (Fsp3) is 0.462. The van der Waals surface area contributed by atoms with Crippen LogP contribution in [0.4, 0.5) is 0 Å². The second-order valence-electron chi connectivity index (χ2n) is 4.20. The summed E-state index contributed by atoms with van der Waals surface area (Å²) in [6.45, 7) is 0.513. The molecule has 1 saturated heterocycles. The van der Waals surface area contributed by atoms with E-state index in [2.05, 4.69) is 0 Å². The number of rotatable bonds is 2. The largest absolute Gasteiger partial charge is 0.520 e. The van der Waals surface area contributed by atoms with Crippen molar-refractivity contribution < 1.29 is 18.6 Å². The highest BCUT2D eigenvalue weighted by molar-refractivity contribution is 5.90. The zero-order valence-corrected chi connectivity index (χ0v) is 9.67. The monoisotopic (exact) mass is 235 g/mol. The Labute approximate surface area is 99.8 Å². The van der Waals surface area contributed by atoms with Crippen LogP contribution in [0.25, 0.3) is 0 Å². The van der Waals surface area contributed by atoms with Gasteiger partial charge >= 0.3 is 5.97 Å². The third-order valence-electron chi connectivity index (χ3n) is 3.08. The summed E-state index contributed by atoms with van der Waals surface area (Å²) in [5, 5.41) is 0. The molecule has 2 heterocycles. The molecule has 0 N–H and O–H groups in total. The number of hydrogen-bond acceptors (Lipinski definition) is 3. The average Bonchev–Trinajstić information content (AvgIpc) is 2.82. The lowest BCUT2D eigenvalue weighted by Crippen LogP contribution is -2.39. The van der Waals surface area contributed by atoms with Crippen molar-refractivity contribution in [2.45, 2.75) is 24.9 Å². The molecular formula is C13H15O4+. The molecule has 3 rings (SSSR count). The minimum atomic E-state index is -0.185. The fourth-order valence-electron chi connectivity index (χ4n) is 2.13. The van der Waals surface area contributed by atoms with Gasteiger partial charge in [0.1, 0.15) is 12.2 Å². The topological polar surface area (TPSA) is 39.0 Å². The molecule has 0 radical (unpaired) electrons. The van der Waals surface area contributed by atoms with Gasteiger partial charge in [0.2, 0.25) is 0 Å². The third-order valence-corrected chi connectivity index (χ3v) is 3.08. The number of methoxy groups -OCH3 is 1. The van der Waals surface area contributed by atoms with E-state index in [-0.39, 0.29) is 18.5 Å². The summed E-state index contributed by atoms with van der Waals surface area (Å²) in [5.41, 5.74) is 0.968. The molecule has 3 atom stereocenters. The summed E-state index contributed by atoms with van der Waals surface area (Å²) in [4.78, 5) is 0. The summed E-state index contributed by atoms with van der Waals surface area (Å²) in [7, 11) is 1.64. The highest BCUT2D eigenvalue weighted by atomic mass is 16.7. The van der Waals surface area contributed by atoms with E-state index in [1.54, 1.807) is 7.11 Å². The maximum atomic E-state index is 5.82. The molecule has 90 valence electrons. The van der Waals surface area contributed by atoms with Gasteiger partial charge in [0.15, 0.2) is 6.29 Å². The first kappa shape index (κ1) is 10.7. The Balaban J connectivity index is 1.78. The van der Waals surface area contributed by atoms with Gasteiger partial charge in [0.25, 0.3) is 12.2 Å². The molecule has 0 spiro atoms. The highest BCUT2D eigenvalue weighted by Crippen LogP contribution is 2.26. The lowest BCUT2D eigenvalue weighted by molar-refractivity contribution is -0.351. The molecule has 4 heteroatoms. The number of ether oxygens (including phenoxy) is 3. The van der Waals surface area contributed by atoms with Crippen LogP contribution in [0, 0.1) is 0 Å². The van der Waals surface area contributed by atoms with E-state index in [4.69, 9.17) is 18.6 Å². The Morgan fingerprint density at radius 3 is 2.88 bits per heavy atom. The second kappa shape index (κ2) is 4.47. The van der Waals surface area contributed by atoms with Gasteiger partial charge in [-0.2, -0.15) is 0 Å². The minimum absolute atomic E-state index is 0.0170. The van der Waals surface area contributed by atoms with Gasteiger partial charge in [-0.15, -0.1) is 0 Å². The molecule has 0 saturated carbocycles. The van der Waals surface area contributed by atoms with Crippen molar-refractivity contribution in [2.24, 2.45) is 0 Å². The van der Waals surface area contributed by atoms with Crippen molar-refractivity contribution in [1.29, 1.82) is 0 Å². The molecule has 17 heavy (non-hydrogen) atoms. The van der Waals surface area contributed by atoms with Gasteiger partial charge in [0.05, 0.1) is 6.42 Å². The van der Waals surface area contributed by atoms with Crippen LogP contribution >= 0.6 is 0 Å². The molecule has 0 aliphatic carbocycles. The number of carbonyl (C=O) groups excluding carboxylic acids is 1. The van der Waals surface area contributed by atoms with E-state index < -0.39 is 0 Å². The van der Waals surface area contributed by atoms with Crippen molar-refractivity contribution in [1.82, 2.24) is 0 Å². The Morgan fingerprint density at radius 1 is 1.29 bits per heavy atom. The van der Waals surface area contributed by atoms with E-state index >= 15 is 0 Å². The van der Waals surface area contributed by atoms with Crippen LogP contribution in [0.15, 0.2) is 30.3 Å². The van der Waals surface area contributed by atoms with E-state index in [0.717, 1.165) is 5.56 Å². The van der Waals surface area contributed by atoms with Crippen LogP contribution in [0.5, 0.6) is 0 Å². The van der Waals surface area contributed by atoms with Crippen LogP contribution in [0.2, 0.25) is 0 Å². The molecule has 0 aromatic heterocycles. The minimum Gasteiger partial charge on any atom is -0.356 e. The van der Waals surface area contributed by atoms with Crippen molar-refractivity contribution in [2.75, 3.05) is 13.7 Å². The van der Waals surface area contributed by atoms with Crippen LogP contribution in [-0.4, -0.2) is 38.2 Å². The maximum absolute atomic E-state index is 5.82. The van der Waals surface area contributed by atoms with Crippen LogP contribution in [0.3, 0.4) is 0 Å². The highest BCUT2D eigenvalue weighted by Gasteiger charge is 2.48. The van der Waals surface area contributed by atoms with Crippen LogP contribution in [0.1, 0.15) is 16.4 Å². The van der Waals surface area contributed by atoms with Crippen molar-refractivity contribution in [3.8, 4) is 0 Å². The molecule has 0 amide bonds. The number of hydrogen-bond donors (Lipinski definition) is 0. The smallest absolute Gasteiger partial charge is 0.356 e. The molecule has 1 fully saturated rings. The van der Waals surface area contributed by atoms with E-state index in [0.29, 0.717) is 19.0 Å². The summed E-state index contributed by atoms with van der Waals surface area (Å²) in [6.07, 6.45) is 0.535.